The van der Waals surface area contributed by atoms with Crippen molar-refractivity contribution in [3.63, 3.8) is 0 Å². The Kier molecular flexibility index (Phi) is 5.43. The Morgan fingerprint density at radius 1 is 1.14 bits per heavy atom. The maximum atomic E-state index is 13.2. The Morgan fingerprint density at radius 3 is 2.68 bits per heavy atom. The lowest BCUT2D eigenvalue weighted by molar-refractivity contribution is 0.319. The van der Waals surface area contributed by atoms with E-state index in [-0.39, 0.29) is 18.2 Å². The van der Waals surface area contributed by atoms with Crippen LogP contribution in [0.5, 0.6) is 0 Å². The van der Waals surface area contributed by atoms with Crippen molar-refractivity contribution in [2.45, 2.75) is 26.4 Å². The highest BCUT2D eigenvalue weighted by atomic mass is 35.5. The summed E-state index contributed by atoms with van der Waals surface area (Å²) >= 11 is 0. The summed E-state index contributed by atoms with van der Waals surface area (Å²) in [7, 11) is 2.11. The van der Waals surface area contributed by atoms with Crippen molar-refractivity contribution in [2.75, 3.05) is 18.9 Å². The third kappa shape index (κ3) is 3.60. The van der Waals surface area contributed by atoms with Gasteiger partial charge in [0.05, 0.1) is 0 Å². The molecule has 2 nitrogen and oxygen atoms in total. The van der Waals surface area contributed by atoms with Gasteiger partial charge in [-0.15, -0.1) is 12.4 Å². The van der Waals surface area contributed by atoms with Crippen LogP contribution in [0.3, 0.4) is 0 Å². The number of benzene rings is 2. The minimum absolute atomic E-state index is 0. The summed E-state index contributed by atoms with van der Waals surface area (Å²) in [5.41, 5.74) is 6.25. The molecule has 0 atom stereocenters. The average Bonchev–Trinajstić information content (AvgIpc) is 2.91. The number of fused-ring (bicyclic) bond motifs is 1. The first-order valence-electron chi connectivity index (χ1n) is 7.41. The van der Waals surface area contributed by atoms with Gasteiger partial charge < -0.3 is 5.32 Å². The first-order chi connectivity index (χ1) is 10.1. The highest BCUT2D eigenvalue weighted by Crippen LogP contribution is 2.27. The molecule has 1 N–H and O–H groups in total. The molecule has 1 aliphatic rings. The molecule has 0 bridgehead atoms. The monoisotopic (exact) mass is 320 g/mol. The number of nitrogens with one attached hydrogen (secondary N) is 1. The molecule has 0 amide bonds. The Labute approximate surface area is 137 Å². The number of para-hydroxylation sites is 1. The molecule has 22 heavy (non-hydrogen) atoms. The van der Waals surface area contributed by atoms with E-state index in [9.17, 15) is 4.39 Å². The van der Waals surface area contributed by atoms with Crippen LogP contribution in [-0.4, -0.2) is 18.5 Å². The molecule has 0 fully saturated rings. The lowest BCUT2D eigenvalue weighted by atomic mass is 10.1. The standard InChI is InChI=1S/C18H21FN2.ClH/c1-13-10-17(19)7-6-15(13)11-21(2)12-16-5-3-4-14-8-9-20-18(14)16;/h3-7,10,20H,8-9,11-12H2,1-2H3;1H. The number of nitrogens with zero attached hydrogens (tertiary/aromatic N) is 1. The summed E-state index contributed by atoms with van der Waals surface area (Å²) in [5, 5.41) is 3.48. The zero-order valence-corrected chi connectivity index (χ0v) is 13.8. The van der Waals surface area contributed by atoms with E-state index in [0.29, 0.717) is 0 Å². The fraction of sp³-hybridized carbons (Fsp3) is 0.333. The minimum Gasteiger partial charge on any atom is -0.384 e. The van der Waals surface area contributed by atoms with Crippen LogP contribution in [0, 0.1) is 12.7 Å². The van der Waals surface area contributed by atoms with E-state index >= 15 is 0 Å². The van der Waals surface area contributed by atoms with Crippen molar-refractivity contribution in [3.8, 4) is 0 Å². The second-order valence-electron chi connectivity index (χ2n) is 5.87. The van der Waals surface area contributed by atoms with Gasteiger partial charge in [0.2, 0.25) is 0 Å². The van der Waals surface area contributed by atoms with Gasteiger partial charge in [0, 0.05) is 25.3 Å². The molecule has 118 valence electrons. The molecule has 1 heterocycles. The third-order valence-electron chi connectivity index (χ3n) is 4.12. The predicted molar refractivity (Wildman–Crippen MR) is 92.2 cm³/mol. The molecule has 0 aliphatic carbocycles. The van der Waals surface area contributed by atoms with Crippen molar-refractivity contribution in [2.24, 2.45) is 0 Å². The molecule has 0 aromatic heterocycles. The maximum Gasteiger partial charge on any atom is 0.123 e. The lowest BCUT2D eigenvalue weighted by Crippen LogP contribution is -2.18. The molecular weight excluding hydrogens is 299 g/mol. The largest absolute Gasteiger partial charge is 0.384 e. The molecule has 1 aliphatic heterocycles. The summed E-state index contributed by atoms with van der Waals surface area (Å²) in [5.74, 6) is -0.163. The second-order valence-corrected chi connectivity index (χ2v) is 5.87. The quantitative estimate of drug-likeness (QED) is 0.910. The van der Waals surface area contributed by atoms with E-state index in [1.54, 1.807) is 6.07 Å². The summed E-state index contributed by atoms with van der Waals surface area (Å²) in [4.78, 5) is 2.27. The summed E-state index contributed by atoms with van der Waals surface area (Å²) in [6.45, 7) is 4.73. The van der Waals surface area contributed by atoms with Gasteiger partial charge in [0.1, 0.15) is 5.82 Å². The number of hydrogen-bond acceptors (Lipinski definition) is 2. The Bertz CT molecular complexity index is 658. The molecule has 4 heteroatoms. The molecule has 2 aromatic carbocycles. The van der Waals surface area contributed by atoms with Gasteiger partial charge in [0.25, 0.3) is 0 Å². The normalized spacial score (nSPS) is 12.7. The van der Waals surface area contributed by atoms with E-state index in [1.807, 2.05) is 13.0 Å². The van der Waals surface area contributed by atoms with Crippen molar-refractivity contribution in [1.82, 2.24) is 4.90 Å². The van der Waals surface area contributed by atoms with Crippen molar-refractivity contribution in [3.05, 3.63) is 64.5 Å². The van der Waals surface area contributed by atoms with E-state index in [2.05, 4.69) is 35.5 Å². The smallest absolute Gasteiger partial charge is 0.123 e. The first-order valence-corrected chi connectivity index (χ1v) is 7.41. The molecule has 0 saturated heterocycles. The van der Waals surface area contributed by atoms with E-state index in [1.165, 1.54) is 28.4 Å². The number of anilines is 1. The number of hydrogen-bond donors (Lipinski definition) is 1. The van der Waals surface area contributed by atoms with Crippen LogP contribution in [0.2, 0.25) is 0 Å². The van der Waals surface area contributed by atoms with Gasteiger partial charge in [0.15, 0.2) is 0 Å². The van der Waals surface area contributed by atoms with Crippen LogP contribution in [0.4, 0.5) is 10.1 Å². The van der Waals surface area contributed by atoms with Crippen LogP contribution < -0.4 is 5.32 Å². The fourth-order valence-corrected chi connectivity index (χ4v) is 3.02. The molecular formula is C18H22ClFN2. The molecule has 0 radical (unpaired) electrons. The van der Waals surface area contributed by atoms with E-state index in [0.717, 1.165) is 31.6 Å². The third-order valence-corrected chi connectivity index (χ3v) is 4.12. The van der Waals surface area contributed by atoms with E-state index in [4.69, 9.17) is 0 Å². The minimum atomic E-state index is -0.163. The SMILES string of the molecule is Cc1cc(F)ccc1CN(C)Cc1cccc2c1NCC2.Cl. The van der Waals surface area contributed by atoms with Gasteiger partial charge in [-0.1, -0.05) is 24.3 Å². The molecule has 0 unspecified atom stereocenters. The van der Waals surface area contributed by atoms with Gasteiger partial charge in [-0.05, 0) is 54.8 Å². The highest BCUT2D eigenvalue weighted by molar-refractivity contribution is 5.85. The van der Waals surface area contributed by atoms with E-state index < -0.39 is 0 Å². The predicted octanol–water partition coefficient (Wildman–Crippen LogP) is 4.16. The van der Waals surface area contributed by atoms with Gasteiger partial charge in [-0.25, -0.2) is 4.39 Å². The highest BCUT2D eigenvalue weighted by Gasteiger charge is 2.15. The van der Waals surface area contributed by atoms with Gasteiger partial charge >= 0.3 is 0 Å². The van der Waals surface area contributed by atoms with Crippen molar-refractivity contribution >= 4 is 18.1 Å². The lowest BCUT2D eigenvalue weighted by Gasteiger charge is -2.20. The van der Waals surface area contributed by atoms with Gasteiger partial charge in [-0.2, -0.15) is 0 Å². The molecule has 0 spiro atoms. The summed E-state index contributed by atoms with van der Waals surface area (Å²) < 4.78 is 13.2. The number of halogens is 2. The Morgan fingerprint density at radius 2 is 1.91 bits per heavy atom. The Balaban J connectivity index is 0.00000176. The van der Waals surface area contributed by atoms with Crippen molar-refractivity contribution < 1.29 is 4.39 Å². The van der Waals surface area contributed by atoms with Gasteiger partial charge in [-0.3, -0.25) is 4.90 Å². The van der Waals surface area contributed by atoms with Crippen LogP contribution in [0.25, 0.3) is 0 Å². The topological polar surface area (TPSA) is 15.3 Å². The fourth-order valence-electron chi connectivity index (χ4n) is 3.02. The molecule has 0 saturated carbocycles. The molecule has 2 aromatic rings. The zero-order chi connectivity index (χ0) is 14.8. The summed E-state index contributed by atoms with van der Waals surface area (Å²) in [6, 6.07) is 11.5. The average molecular weight is 321 g/mol. The van der Waals surface area contributed by atoms with Crippen molar-refractivity contribution in [1.29, 1.82) is 0 Å². The maximum absolute atomic E-state index is 13.2. The second kappa shape index (κ2) is 7.12. The van der Waals surface area contributed by atoms with Crippen LogP contribution in [-0.2, 0) is 19.5 Å². The number of aryl methyl sites for hydroxylation is 1. The summed E-state index contributed by atoms with van der Waals surface area (Å²) in [6.07, 6.45) is 1.12. The van der Waals surface area contributed by atoms with Crippen LogP contribution in [0.15, 0.2) is 36.4 Å². The molecule has 3 rings (SSSR count). The Hall–Kier alpha value is -1.58. The van der Waals surface area contributed by atoms with Crippen LogP contribution >= 0.6 is 12.4 Å². The number of rotatable bonds is 4. The van der Waals surface area contributed by atoms with Crippen LogP contribution in [0.1, 0.15) is 22.3 Å². The zero-order valence-electron chi connectivity index (χ0n) is 13.0. The first kappa shape index (κ1) is 16.8.